The first-order chi connectivity index (χ1) is 11.6. The van der Waals surface area contributed by atoms with Crippen LogP contribution in [0.5, 0.6) is 0 Å². The fourth-order valence-corrected chi connectivity index (χ4v) is 2.62. The van der Waals surface area contributed by atoms with Crippen molar-refractivity contribution >= 4 is 22.6 Å². The first-order valence-corrected chi connectivity index (χ1v) is 8.15. The number of carbonyl (C=O) groups excluding carboxylic acids is 1. The van der Waals surface area contributed by atoms with Crippen LogP contribution in [0.3, 0.4) is 0 Å². The maximum Gasteiger partial charge on any atom is 0.308 e. The molecule has 0 bridgehead atoms. The van der Waals surface area contributed by atoms with Crippen LogP contribution in [-0.2, 0) is 20.7 Å². The number of rotatable bonds is 9. The predicted molar refractivity (Wildman–Crippen MR) is 92.9 cm³/mol. The quantitative estimate of drug-likeness (QED) is 0.694. The largest absolute Gasteiger partial charge is 0.481 e. The fourth-order valence-electron chi connectivity index (χ4n) is 2.62. The molecule has 0 fully saturated rings. The molecule has 128 valence electrons. The number of aliphatic carboxylic acids is 1. The Hall–Kier alpha value is -2.40. The summed E-state index contributed by atoms with van der Waals surface area (Å²) in [6.07, 6.45) is 0.622. The Balaban J connectivity index is 2.00. The van der Waals surface area contributed by atoms with Gasteiger partial charge in [0.2, 0.25) is 5.91 Å². The van der Waals surface area contributed by atoms with E-state index in [1.165, 1.54) is 0 Å². The van der Waals surface area contributed by atoms with Crippen LogP contribution >= 0.6 is 0 Å². The summed E-state index contributed by atoms with van der Waals surface area (Å²) in [7, 11) is 0. The lowest BCUT2D eigenvalue weighted by molar-refractivity contribution is -0.141. The van der Waals surface area contributed by atoms with Gasteiger partial charge in [-0.15, -0.1) is 0 Å². The number of carboxylic acid groups (broad SMARTS) is 1. The van der Waals surface area contributed by atoms with Crippen LogP contribution in [0.1, 0.15) is 18.9 Å². The van der Waals surface area contributed by atoms with E-state index in [1.807, 2.05) is 49.4 Å². The number of carboxylic acids is 1. The molecule has 2 rings (SSSR count). The molecular formula is C19H23NO4. The van der Waals surface area contributed by atoms with Gasteiger partial charge in [0.25, 0.3) is 0 Å². The second-order valence-electron chi connectivity index (χ2n) is 5.63. The summed E-state index contributed by atoms with van der Waals surface area (Å²) in [5.74, 6) is -1.76. The molecule has 0 aliphatic heterocycles. The minimum Gasteiger partial charge on any atom is -0.481 e. The van der Waals surface area contributed by atoms with Crippen molar-refractivity contribution in [1.29, 1.82) is 0 Å². The molecule has 5 heteroatoms. The maximum absolute atomic E-state index is 11.7. The van der Waals surface area contributed by atoms with Crippen LogP contribution in [0.2, 0.25) is 0 Å². The number of carbonyl (C=O) groups is 2. The van der Waals surface area contributed by atoms with E-state index >= 15 is 0 Å². The topological polar surface area (TPSA) is 75.6 Å². The maximum atomic E-state index is 11.7. The van der Waals surface area contributed by atoms with Gasteiger partial charge in [-0.05, 0) is 29.7 Å². The summed E-state index contributed by atoms with van der Waals surface area (Å²) in [6.45, 7) is 2.89. The summed E-state index contributed by atoms with van der Waals surface area (Å²) in [6, 6.07) is 13.8. The van der Waals surface area contributed by atoms with Crippen molar-refractivity contribution < 1.29 is 19.4 Å². The van der Waals surface area contributed by atoms with Crippen molar-refractivity contribution in [1.82, 2.24) is 5.32 Å². The molecule has 5 nitrogen and oxygen atoms in total. The molecule has 0 aliphatic carbocycles. The van der Waals surface area contributed by atoms with Crippen LogP contribution in [0.25, 0.3) is 10.8 Å². The van der Waals surface area contributed by atoms with Gasteiger partial charge in [0.15, 0.2) is 0 Å². The molecule has 2 aromatic rings. The number of benzene rings is 2. The van der Waals surface area contributed by atoms with Gasteiger partial charge < -0.3 is 15.2 Å². The van der Waals surface area contributed by atoms with Crippen LogP contribution < -0.4 is 5.32 Å². The highest BCUT2D eigenvalue weighted by Crippen LogP contribution is 2.21. The minimum atomic E-state index is -0.909. The summed E-state index contributed by atoms with van der Waals surface area (Å²) < 4.78 is 5.13. The molecule has 24 heavy (non-hydrogen) atoms. The highest BCUT2D eigenvalue weighted by atomic mass is 16.5. The second kappa shape index (κ2) is 9.03. The van der Waals surface area contributed by atoms with E-state index < -0.39 is 11.9 Å². The highest BCUT2D eigenvalue weighted by Gasteiger charge is 2.20. The normalized spacial score (nSPS) is 12.0. The highest BCUT2D eigenvalue weighted by molar-refractivity contribution is 5.86. The average molecular weight is 329 g/mol. The molecule has 0 aliphatic rings. The molecule has 0 aromatic heterocycles. The van der Waals surface area contributed by atoms with Crippen molar-refractivity contribution in [3.05, 3.63) is 48.0 Å². The smallest absolute Gasteiger partial charge is 0.308 e. The molecule has 2 N–H and O–H groups in total. The van der Waals surface area contributed by atoms with E-state index in [-0.39, 0.29) is 18.9 Å². The van der Waals surface area contributed by atoms with Gasteiger partial charge >= 0.3 is 5.97 Å². The van der Waals surface area contributed by atoms with Crippen LogP contribution in [0, 0.1) is 5.92 Å². The zero-order valence-electron chi connectivity index (χ0n) is 13.8. The standard InChI is InChI=1S/C19H23NO4/c1-2-24-11-10-18(21)20-13-16(19(22)23)12-15-8-5-7-14-6-3-4-9-17(14)15/h3-9,16H,2,10-13H2,1H3,(H,20,21)(H,22,23). The van der Waals surface area contributed by atoms with Gasteiger partial charge in [-0.2, -0.15) is 0 Å². The summed E-state index contributed by atoms with van der Waals surface area (Å²) in [5, 5.41) is 14.3. The third kappa shape index (κ3) is 5.06. The van der Waals surface area contributed by atoms with E-state index in [1.54, 1.807) is 0 Å². The molecule has 0 saturated carbocycles. The van der Waals surface area contributed by atoms with Gasteiger partial charge in [-0.25, -0.2) is 0 Å². The Kier molecular flexibility index (Phi) is 6.75. The van der Waals surface area contributed by atoms with E-state index in [9.17, 15) is 14.7 Å². The lowest BCUT2D eigenvalue weighted by atomic mass is 9.95. The third-order valence-corrected chi connectivity index (χ3v) is 3.92. The van der Waals surface area contributed by atoms with Crippen LogP contribution in [0.15, 0.2) is 42.5 Å². The van der Waals surface area contributed by atoms with Crippen molar-refractivity contribution in [2.45, 2.75) is 19.8 Å². The summed E-state index contributed by atoms with van der Waals surface area (Å²) in [5.41, 5.74) is 0.976. The molecule has 2 aromatic carbocycles. The zero-order valence-corrected chi connectivity index (χ0v) is 13.8. The lowest BCUT2D eigenvalue weighted by Gasteiger charge is -2.15. The molecule has 0 radical (unpaired) electrons. The van der Waals surface area contributed by atoms with Gasteiger partial charge in [0.1, 0.15) is 0 Å². The van der Waals surface area contributed by atoms with E-state index in [2.05, 4.69) is 5.32 Å². The molecule has 1 amide bonds. The van der Waals surface area contributed by atoms with Gasteiger partial charge in [0.05, 0.1) is 12.5 Å². The predicted octanol–water partition coefficient (Wildman–Crippen LogP) is 2.63. The Morgan fingerprint density at radius 1 is 1.17 bits per heavy atom. The van der Waals surface area contributed by atoms with Crippen molar-refractivity contribution in [3.63, 3.8) is 0 Å². The number of hydrogen-bond donors (Lipinski definition) is 2. The molecule has 1 atom stereocenters. The molecule has 0 saturated heterocycles. The lowest BCUT2D eigenvalue weighted by Crippen LogP contribution is -2.34. The second-order valence-corrected chi connectivity index (χ2v) is 5.63. The molecule has 0 heterocycles. The number of nitrogens with one attached hydrogen (secondary N) is 1. The van der Waals surface area contributed by atoms with Crippen molar-refractivity contribution in [2.24, 2.45) is 5.92 Å². The Morgan fingerprint density at radius 2 is 1.92 bits per heavy atom. The average Bonchev–Trinajstić information content (AvgIpc) is 2.58. The monoisotopic (exact) mass is 329 g/mol. The number of amides is 1. The van der Waals surface area contributed by atoms with E-state index in [0.717, 1.165) is 16.3 Å². The third-order valence-electron chi connectivity index (χ3n) is 3.92. The fraction of sp³-hybridized carbons (Fsp3) is 0.368. The van der Waals surface area contributed by atoms with Gasteiger partial charge in [0, 0.05) is 19.6 Å². The van der Waals surface area contributed by atoms with Gasteiger partial charge in [-0.3, -0.25) is 9.59 Å². The number of fused-ring (bicyclic) bond motifs is 1. The Labute approximate surface area is 141 Å². The van der Waals surface area contributed by atoms with E-state index in [4.69, 9.17) is 4.74 Å². The first kappa shape index (κ1) is 17.9. The number of ether oxygens (including phenoxy) is 1. The number of hydrogen-bond acceptors (Lipinski definition) is 3. The van der Waals surface area contributed by atoms with E-state index in [0.29, 0.717) is 19.6 Å². The first-order valence-electron chi connectivity index (χ1n) is 8.15. The SMILES string of the molecule is CCOCCC(=O)NCC(Cc1cccc2ccccc12)C(=O)O. The molecule has 0 spiro atoms. The molecule has 1 unspecified atom stereocenters. The Bertz CT molecular complexity index is 693. The van der Waals surface area contributed by atoms with Crippen molar-refractivity contribution in [2.75, 3.05) is 19.8 Å². The van der Waals surface area contributed by atoms with Crippen LogP contribution in [0.4, 0.5) is 0 Å². The minimum absolute atomic E-state index is 0.115. The van der Waals surface area contributed by atoms with Gasteiger partial charge in [-0.1, -0.05) is 42.5 Å². The summed E-state index contributed by atoms with van der Waals surface area (Å²) >= 11 is 0. The molecular weight excluding hydrogens is 306 g/mol. The summed E-state index contributed by atoms with van der Waals surface area (Å²) in [4.78, 5) is 23.3. The van der Waals surface area contributed by atoms with Crippen molar-refractivity contribution in [3.8, 4) is 0 Å². The Morgan fingerprint density at radius 3 is 2.67 bits per heavy atom. The zero-order chi connectivity index (χ0) is 17.4. The van der Waals surface area contributed by atoms with Crippen LogP contribution in [-0.4, -0.2) is 36.7 Å².